The van der Waals surface area contributed by atoms with Gasteiger partial charge in [0.25, 0.3) is 11.8 Å². The number of fused-ring (bicyclic) bond motifs is 1. The topological polar surface area (TPSA) is 123 Å². The SMILES string of the molecule is Cc1ccc(S(=O)(=O)NC(CC(C)C)C(=O)NNC(=O)c2ccc3c(c2)OCO3)cc1. The fraction of sp³-hybridized carbons (Fsp3) is 0.333. The lowest BCUT2D eigenvalue weighted by Gasteiger charge is -2.20. The molecule has 2 amide bonds. The van der Waals surface area contributed by atoms with Gasteiger partial charge in [0, 0.05) is 5.56 Å². The zero-order valence-electron chi connectivity index (χ0n) is 17.5. The molecule has 0 aliphatic carbocycles. The Balaban J connectivity index is 1.66. The maximum atomic E-state index is 12.7. The summed E-state index contributed by atoms with van der Waals surface area (Å²) in [6, 6.07) is 9.86. The van der Waals surface area contributed by atoms with Crippen LogP contribution in [0.15, 0.2) is 47.4 Å². The number of sulfonamides is 1. The summed E-state index contributed by atoms with van der Waals surface area (Å²) >= 11 is 0. The van der Waals surface area contributed by atoms with Crippen molar-refractivity contribution in [2.45, 2.75) is 38.1 Å². The van der Waals surface area contributed by atoms with Crippen LogP contribution in [0.1, 0.15) is 36.2 Å². The van der Waals surface area contributed by atoms with Crippen molar-refractivity contribution < 1.29 is 27.5 Å². The van der Waals surface area contributed by atoms with Crippen LogP contribution in [0.4, 0.5) is 0 Å². The molecule has 0 fully saturated rings. The Hall–Kier alpha value is -3.11. The second-order valence-corrected chi connectivity index (χ2v) is 9.34. The van der Waals surface area contributed by atoms with Gasteiger partial charge in [-0.3, -0.25) is 20.4 Å². The summed E-state index contributed by atoms with van der Waals surface area (Å²) in [6.07, 6.45) is 0.247. The van der Waals surface area contributed by atoms with E-state index in [2.05, 4.69) is 15.6 Å². The molecule has 1 aliphatic rings. The summed E-state index contributed by atoms with van der Waals surface area (Å²) in [5, 5.41) is 0. The molecule has 1 atom stereocenters. The number of amides is 2. The van der Waals surface area contributed by atoms with Crippen molar-refractivity contribution in [1.29, 1.82) is 0 Å². The molecule has 2 aromatic rings. The maximum Gasteiger partial charge on any atom is 0.269 e. The van der Waals surface area contributed by atoms with E-state index in [9.17, 15) is 18.0 Å². The predicted molar refractivity (Wildman–Crippen MR) is 113 cm³/mol. The summed E-state index contributed by atoms with van der Waals surface area (Å²) < 4.78 is 38.3. The molecular weight excluding hydrogens is 422 g/mol. The van der Waals surface area contributed by atoms with Crippen LogP contribution >= 0.6 is 0 Å². The van der Waals surface area contributed by atoms with E-state index >= 15 is 0 Å². The average molecular weight is 448 g/mol. The fourth-order valence-corrected chi connectivity index (χ4v) is 4.18. The first-order valence-electron chi connectivity index (χ1n) is 9.74. The number of carbonyl (C=O) groups is 2. The molecule has 10 heteroatoms. The van der Waals surface area contributed by atoms with Gasteiger partial charge in [0.2, 0.25) is 16.8 Å². The molecule has 0 radical (unpaired) electrons. The average Bonchev–Trinajstić information content (AvgIpc) is 3.19. The Bertz CT molecular complexity index is 1070. The highest BCUT2D eigenvalue weighted by atomic mass is 32.2. The Kier molecular flexibility index (Phi) is 6.81. The van der Waals surface area contributed by atoms with Crippen molar-refractivity contribution in [3.05, 3.63) is 53.6 Å². The third-order valence-corrected chi connectivity index (χ3v) is 6.07. The highest BCUT2D eigenvalue weighted by Crippen LogP contribution is 2.32. The second-order valence-electron chi connectivity index (χ2n) is 7.63. The van der Waals surface area contributed by atoms with Gasteiger partial charge in [-0.25, -0.2) is 8.42 Å². The van der Waals surface area contributed by atoms with Gasteiger partial charge in [-0.05, 0) is 49.6 Å². The molecule has 0 saturated carbocycles. The smallest absolute Gasteiger partial charge is 0.269 e. The molecule has 0 bridgehead atoms. The number of ether oxygens (including phenoxy) is 2. The molecule has 3 N–H and O–H groups in total. The highest BCUT2D eigenvalue weighted by Gasteiger charge is 2.27. The second kappa shape index (κ2) is 9.36. The van der Waals surface area contributed by atoms with Gasteiger partial charge in [0.15, 0.2) is 11.5 Å². The molecule has 3 rings (SSSR count). The van der Waals surface area contributed by atoms with Crippen LogP contribution < -0.4 is 25.0 Å². The van der Waals surface area contributed by atoms with Gasteiger partial charge in [0.1, 0.15) is 6.04 Å². The molecule has 31 heavy (non-hydrogen) atoms. The third-order valence-electron chi connectivity index (χ3n) is 4.59. The van der Waals surface area contributed by atoms with Crippen molar-refractivity contribution in [3.63, 3.8) is 0 Å². The lowest BCUT2D eigenvalue weighted by molar-refractivity contribution is -0.123. The van der Waals surface area contributed by atoms with Crippen LogP contribution in [0, 0.1) is 12.8 Å². The van der Waals surface area contributed by atoms with Crippen molar-refractivity contribution in [2.24, 2.45) is 5.92 Å². The third kappa shape index (κ3) is 5.74. The van der Waals surface area contributed by atoms with E-state index in [1.165, 1.54) is 24.3 Å². The van der Waals surface area contributed by atoms with Crippen LogP contribution in [0.5, 0.6) is 11.5 Å². The number of hydrogen-bond acceptors (Lipinski definition) is 6. The van der Waals surface area contributed by atoms with E-state index in [0.717, 1.165) is 5.56 Å². The number of aryl methyl sites for hydroxylation is 1. The molecule has 1 heterocycles. The molecule has 1 aliphatic heterocycles. The van der Waals surface area contributed by atoms with Crippen LogP contribution in [0.3, 0.4) is 0 Å². The van der Waals surface area contributed by atoms with E-state index in [1.807, 2.05) is 20.8 Å². The molecule has 9 nitrogen and oxygen atoms in total. The quantitative estimate of drug-likeness (QED) is 0.557. The monoisotopic (exact) mass is 447 g/mol. The van der Waals surface area contributed by atoms with Crippen molar-refractivity contribution >= 4 is 21.8 Å². The predicted octanol–water partition coefficient (Wildman–Crippen LogP) is 1.88. The molecule has 1 unspecified atom stereocenters. The van der Waals surface area contributed by atoms with Crippen LogP contribution in [0.25, 0.3) is 0 Å². The number of benzene rings is 2. The standard InChI is InChI=1S/C21H25N3O6S/c1-13(2)10-17(24-31(27,28)16-7-4-14(3)5-8-16)21(26)23-22-20(25)15-6-9-18-19(11-15)30-12-29-18/h4-9,11,13,17,24H,10,12H2,1-3H3,(H,22,25)(H,23,26). The molecule has 0 aromatic heterocycles. The van der Waals surface area contributed by atoms with E-state index < -0.39 is 27.9 Å². The minimum atomic E-state index is -3.92. The summed E-state index contributed by atoms with van der Waals surface area (Å²) in [4.78, 5) is 25.1. The largest absolute Gasteiger partial charge is 0.454 e. The van der Waals surface area contributed by atoms with E-state index in [0.29, 0.717) is 11.5 Å². The minimum absolute atomic E-state index is 0.0287. The maximum absolute atomic E-state index is 12.7. The first-order chi connectivity index (χ1) is 14.7. The Morgan fingerprint density at radius 2 is 1.68 bits per heavy atom. The van der Waals surface area contributed by atoms with Gasteiger partial charge in [-0.2, -0.15) is 4.72 Å². The summed E-state index contributed by atoms with van der Waals surface area (Å²) in [7, 11) is -3.92. The number of hydrazine groups is 1. The minimum Gasteiger partial charge on any atom is -0.454 e. The molecule has 0 spiro atoms. The Morgan fingerprint density at radius 1 is 1.00 bits per heavy atom. The van der Waals surface area contributed by atoms with Gasteiger partial charge in [-0.1, -0.05) is 31.5 Å². The van der Waals surface area contributed by atoms with E-state index in [1.54, 1.807) is 18.2 Å². The Labute approximate surface area is 181 Å². The first kappa shape index (κ1) is 22.6. The number of rotatable bonds is 7. The first-order valence-corrected chi connectivity index (χ1v) is 11.2. The molecule has 166 valence electrons. The zero-order chi connectivity index (χ0) is 22.6. The van der Waals surface area contributed by atoms with Crippen molar-refractivity contribution in [3.8, 4) is 11.5 Å². The Morgan fingerprint density at radius 3 is 2.35 bits per heavy atom. The molecule has 2 aromatic carbocycles. The number of nitrogens with one attached hydrogen (secondary N) is 3. The van der Waals surface area contributed by atoms with E-state index in [4.69, 9.17) is 9.47 Å². The lowest BCUT2D eigenvalue weighted by atomic mass is 10.0. The van der Waals surface area contributed by atoms with Crippen molar-refractivity contribution in [1.82, 2.24) is 15.6 Å². The molecular formula is C21H25N3O6S. The number of carbonyl (C=O) groups excluding carboxylic acids is 2. The summed E-state index contributed by atoms with van der Waals surface area (Å²) in [5.41, 5.74) is 5.78. The van der Waals surface area contributed by atoms with Gasteiger partial charge >= 0.3 is 0 Å². The van der Waals surface area contributed by atoms with E-state index in [-0.39, 0.29) is 29.6 Å². The number of hydrogen-bond donors (Lipinski definition) is 3. The van der Waals surface area contributed by atoms with Gasteiger partial charge in [-0.15, -0.1) is 0 Å². The molecule has 0 saturated heterocycles. The fourth-order valence-electron chi connectivity index (χ4n) is 2.97. The zero-order valence-corrected chi connectivity index (χ0v) is 18.3. The van der Waals surface area contributed by atoms with Gasteiger partial charge in [0.05, 0.1) is 4.90 Å². The van der Waals surface area contributed by atoms with Crippen LogP contribution in [-0.4, -0.2) is 33.1 Å². The van der Waals surface area contributed by atoms with Crippen molar-refractivity contribution in [2.75, 3.05) is 6.79 Å². The summed E-state index contributed by atoms with van der Waals surface area (Å²) in [6.45, 7) is 5.66. The van der Waals surface area contributed by atoms with Crippen LogP contribution in [0.2, 0.25) is 0 Å². The lowest BCUT2D eigenvalue weighted by Crippen LogP contribution is -2.52. The van der Waals surface area contributed by atoms with Crippen LogP contribution in [-0.2, 0) is 14.8 Å². The van der Waals surface area contributed by atoms with Gasteiger partial charge < -0.3 is 9.47 Å². The normalized spacial score (nSPS) is 13.7. The summed E-state index contributed by atoms with van der Waals surface area (Å²) in [5.74, 6) is -0.249. The highest BCUT2D eigenvalue weighted by molar-refractivity contribution is 7.89.